The van der Waals surface area contributed by atoms with E-state index in [0.717, 1.165) is 30.7 Å². The van der Waals surface area contributed by atoms with Gasteiger partial charge >= 0.3 is 0 Å². The monoisotopic (exact) mass is 603 g/mol. The molecule has 0 unspecified atom stereocenters. The highest BCUT2D eigenvalue weighted by molar-refractivity contribution is 9.10. The van der Waals surface area contributed by atoms with Crippen LogP contribution in [0.4, 0.5) is 5.69 Å². The number of hydrogen-bond donors (Lipinski definition) is 2. The molecule has 0 saturated carbocycles. The highest BCUT2D eigenvalue weighted by atomic mass is 79.9. The van der Waals surface area contributed by atoms with Gasteiger partial charge in [0.2, 0.25) is 17.7 Å². The fraction of sp³-hybridized carbons (Fsp3) is 0.323. The Hall–Kier alpha value is -3.53. The molecule has 1 atom stereocenters. The van der Waals surface area contributed by atoms with Gasteiger partial charge in [-0.15, -0.1) is 0 Å². The Morgan fingerprint density at radius 1 is 0.850 bits per heavy atom. The van der Waals surface area contributed by atoms with Gasteiger partial charge in [-0.2, -0.15) is 0 Å². The maximum Gasteiger partial charge on any atom is 0.243 e. The Bertz CT molecular complexity index is 1260. The summed E-state index contributed by atoms with van der Waals surface area (Å²) in [7, 11) is 0. The Morgan fingerprint density at radius 2 is 1.45 bits per heavy atom. The van der Waals surface area contributed by atoms with Crippen LogP contribution in [-0.2, 0) is 14.4 Å². The van der Waals surface area contributed by atoms with Crippen LogP contribution < -0.4 is 10.6 Å². The van der Waals surface area contributed by atoms with E-state index < -0.39 is 6.04 Å². The normalized spacial score (nSPS) is 18.4. The first-order valence-corrected chi connectivity index (χ1v) is 14.5. The second kappa shape index (κ2) is 13.2. The molecule has 2 saturated heterocycles. The van der Waals surface area contributed by atoms with Crippen LogP contribution in [0.5, 0.6) is 0 Å². The number of nitrogens with zero attached hydrogens (tertiary/aromatic N) is 3. The molecule has 0 bridgehead atoms. The minimum atomic E-state index is -0.821. The lowest BCUT2D eigenvalue weighted by Gasteiger charge is -2.41. The molecular formula is C31H34BrN5O3. The van der Waals surface area contributed by atoms with Crippen molar-refractivity contribution in [1.29, 1.82) is 0 Å². The first kappa shape index (κ1) is 28.0. The van der Waals surface area contributed by atoms with Crippen molar-refractivity contribution in [2.45, 2.75) is 18.5 Å². The summed E-state index contributed by atoms with van der Waals surface area (Å²) >= 11 is 3.38. The molecule has 0 radical (unpaired) electrons. The topological polar surface area (TPSA) is 85.0 Å². The van der Waals surface area contributed by atoms with Crippen molar-refractivity contribution in [3.05, 3.63) is 101 Å². The number of nitrogens with one attached hydrogen (secondary N) is 2. The Balaban J connectivity index is 1.19. The summed E-state index contributed by atoms with van der Waals surface area (Å²) in [5.41, 5.74) is 3.15. The van der Waals surface area contributed by atoms with E-state index in [0.29, 0.717) is 18.8 Å². The van der Waals surface area contributed by atoms with Crippen LogP contribution in [0.2, 0.25) is 0 Å². The van der Waals surface area contributed by atoms with Gasteiger partial charge in [-0.1, -0.05) is 76.6 Å². The molecular weight excluding hydrogens is 570 g/mol. The van der Waals surface area contributed by atoms with E-state index in [4.69, 9.17) is 0 Å². The molecule has 3 aromatic carbocycles. The van der Waals surface area contributed by atoms with Gasteiger partial charge in [0, 0.05) is 49.4 Å². The molecule has 208 valence electrons. The second-order valence-corrected chi connectivity index (χ2v) is 11.1. The van der Waals surface area contributed by atoms with Crippen LogP contribution in [0.15, 0.2) is 89.4 Å². The van der Waals surface area contributed by atoms with Crippen molar-refractivity contribution >= 4 is 39.3 Å². The van der Waals surface area contributed by atoms with Crippen molar-refractivity contribution < 1.29 is 14.4 Å². The predicted octanol–water partition coefficient (Wildman–Crippen LogP) is 3.51. The van der Waals surface area contributed by atoms with Gasteiger partial charge < -0.3 is 15.5 Å². The van der Waals surface area contributed by atoms with Crippen molar-refractivity contribution in [3.63, 3.8) is 0 Å². The number of anilines is 1. The molecule has 3 aromatic rings. The zero-order valence-corrected chi connectivity index (χ0v) is 23.9. The van der Waals surface area contributed by atoms with Gasteiger partial charge in [-0.05, 0) is 35.4 Å². The summed E-state index contributed by atoms with van der Waals surface area (Å²) in [6.07, 6.45) is -0.0861. The van der Waals surface area contributed by atoms with E-state index in [1.165, 1.54) is 11.1 Å². The Kier molecular flexibility index (Phi) is 9.26. The number of rotatable bonds is 8. The molecule has 0 aliphatic carbocycles. The van der Waals surface area contributed by atoms with E-state index in [2.05, 4.69) is 84.9 Å². The quantitative estimate of drug-likeness (QED) is 0.412. The molecule has 3 amide bonds. The lowest BCUT2D eigenvalue weighted by molar-refractivity contribution is -0.145. The molecule has 0 spiro atoms. The Labute approximate surface area is 243 Å². The van der Waals surface area contributed by atoms with Crippen molar-refractivity contribution in [1.82, 2.24) is 20.0 Å². The Morgan fingerprint density at radius 3 is 2.05 bits per heavy atom. The molecule has 5 rings (SSSR count). The molecule has 0 aromatic heterocycles. The van der Waals surface area contributed by atoms with Crippen LogP contribution >= 0.6 is 15.9 Å². The van der Waals surface area contributed by atoms with E-state index in [-0.39, 0.29) is 36.7 Å². The average Bonchev–Trinajstić information content (AvgIpc) is 2.97. The minimum absolute atomic E-state index is 0.0861. The largest absolute Gasteiger partial charge is 0.353 e. The third-order valence-electron chi connectivity index (χ3n) is 7.52. The molecule has 40 heavy (non-hydrogen) atoms. The smallest absolute Gasteiger partial charge is 0.243 e. The van der Waals surface area contributed by atoms with Crippen molar-refractivity contribution in [2.75, 3.05) is 51.1 Å². The van der Waals surface area contributed by atoms with Crippen molar-refractivity contribution in [2.24, 2.45) is 0 Å². The van der Waals surface area contributed by atoms with E-state index in [9.17, 15) is 14.4 Å². The summed E-state index contributed by atoms with van der Waals surface area (Å²) in [5.74, 6) is -0.708. The zero-order chi connectivity index (χ0) is 27.9. The van der Waals surface area contributed by atoms with Gasteiger partial charge in [0.25, 0.3) is 0 Å². The fourth-order valence-electron chi connectivity index (χ4n) is 5.48. The summed E-state index contributed by atoms with van der Waals surface area (Å²) in [6, 6.07) is 27.6. The molecule has 9 heteroatoms. The molecule has 2 N–H and O–H groups in total. The summed E-state index contributed by atoms with van der Waals surface area (Å²) in [4.78, 5) is 45.1. The SMILES string of the molecule is O=C(C[C@@H]1C(=O)NCCN1C(=O)CN1CCN(C(c2ccccc2)c2ccccc2)CC1)Nc1ccc(Br)cc1. The average molecular weight is 605 g/mol. The van der Waals surface area contributed by atoms with Crippen LogP contribution in [0.3, 0.4) is 0 Å². The standard InChI is InChI=1S/C31H34BrN5O3/c32-25-11-13-26(14-12-25)34-28(38)21-27-31(40)33-15-16-37(27)29(39)22-35-17-19-36(20-18-35)30(23-7-3-1-4-8-23)24-9-5-2-6-10-24/h1-14,27,30H,15-22H2,(H,33,40)(H,34,38)/t27-/m1/s1. The summed E-state index contributed by atoms with van der Waals surface area (Å²) in [5, 5.41) is 5.63. The van der Waals surface area contributed by atoms with E-state index in [1.807, 2.05) is 24.3 Å². The number of carbonyl (C=O) groups is 3. The van der Waals surface area contributed by atoms with Gasteiger partial charge in [-0.3, -0.25) is 24.2 Å². The number of hydrogen-bond acceptors (Lipinski definition) is 5. The van der Waals surface area contributed by atoms with Gasteiger partial charge in [0.15, 0.2) is 0 Å². The van der Waals surface area contributed by atoms with Crippen LogP contribution in [0, 0.1) is 0 Å². The molecule has 2 fully saturated rings. The van der Waals surface area contributed by atoms with Gasteiger partial charge in [0.05, 0.1) is 19.0 Å². The van der Waals surface area contributed by atoms with Crippen LogP contribution in [-0.4, -0.2) is 84.3 Å². The number of halogens is 1. The molecule has 2 heterocycles. The lowest BCUT2D eigenvalue weighted by Crippen LogP contribution is -2.60. The summed E-state index contributed by atoms with van der Waals surface area (Å²) < 4.78 is 0.908. The molecule has 2 aliphatic heterocycles. The van der Waals surface area contributed by atoms with Gasteiger partial charge in [0.1, 0.15) is 6.04 Å². The van der Waals surface area contributed by atoms with Crippen LogP contribution in [0.1, 0.15) is 23.6 Å². The van der Waals surface area contributed by atoms with Crippen LogP contribution in [0.25, 0.3) is 0 Å². The highest BCUT2D eigenvalue weighted by Crippen LogP contribution is 2.29. The number of carbonyl (C=O) groups excluding carboxylic acids is 3. The third-order valence-corrected chi connectivity index (χ3v) is 8.05. The summed E-state index contributed by atoms with van der Waals surface area (Å²) in [6.45, 7) is 4.15. The highest BCUT2D eigenvalue weighted by Gasteiger charge is 2.36. The molecule has 2 aliphatic rings. The maximum atomic E-state index is 13.4. The lowest BCUT2D eigenvalue weighted by atomic mass is 9.96. The van der Waals surface area contributed by atoms with Gasteiger partial charge in [-0.25, -0.2) is 0 Å². The second-order valence-electron chi connectivity index (χ2n) is 10.2. The zero-order valence-electron chi connectivity index (χ0n) is 22.3. The first-order chi connectivity index (χ1) is 19.5. The minimum Gasteiger partial charge on any atom is -0.353 e. The van der Waals surface area contributed by atoms with Crippen molar-refractivity contribution in [3.8, 4) is 0 Å². The van der Waals surface area contributed by atoms with E-state index >= 15 is 0 Å². The maximum absolute atomic E-state index is 13.4. The van der Waals surface area contributed by atoms with E-state index in [1.54, 1.807) is 17.0 Å². The predicted molar refractivity (Wildman–Crippen MR) is 159 cm³/mol. The number of piperazine rings is 2. The number of amides is 3. The number of benzene rings is 3. The third kappa shape index (κ3) is 6.96. The molecule has 8 nitrogen and oxygen atoms in total. The fourth-order valence-corrected chi connectivity index (χ4v) is 5.75. The first-order valence-electron chi connectivity index (χ1n) is 13.7.